The molecule has 2 aromatic carbocycles. The van der Waals surface area contributed by atoms with E-state index in [1.807, 2.05) is 0 Å². The summed E-state index contributed by atoms with van der Waals surface area (Å²) in [7, 11) is -3.24. The predicted octanol–water partition coefficient (Wildman–Crippen LogP) is 3.56. The highest BCUT2D eigenvalue weighted by atomic mass is 32.2. The third-order valence-electron chi connectivity index (χ3n) is 5.57. The minimum atomic E-state index is -4.77. The molecule has 2 heterocycles. The third kappa shape index (κ3) is 5.77. The molecule has 0 aromatic heterocycles. The second kappa shape index (κ2) is 9.22. The van der Waals surface area contributed by atoms with E-state index in [-0.39, 0.29) is 30.1 Å². The molecule has 0 saturated carbocycles. The van der Waals surface area contributed by atoms with E-state index in [2.05, 4.69) is 10.1 Å². The van der Waals surface area contributed by atoms with Crippen LogP contribution in [0, 0.1) is 0 Å². The van der Waals surface area contributed by atoms with Gasteiger partial charge in [0.15, 0.2) is 0 Å². The molecular weight excluding hydrogens is 461 g/mol. The van der Waals surface area contributed by atoms with Crippen LogP contribution >= 0.6 is 0 Å². The van der Waals surface area contributed by atoms with Crippen molar-refractivity contribution in [1.29, 1.82) is 0 Å². The Morgan fingerprint density at radius 2 is 1.79 bits per heavy atom. The molecule has 178 valence electrons. The SMILES string of the molecule is O=C1NCC(CCCS(=O)(=O)N2CCC2)Oc2ccc(-c3ccc(OC(F)(F)F)cc3)cc21. The number of ether oxygens (including phenoxy) is 2. The van der Waals surface area contributed by atoms with E-state index in [1.165, 1.54) is 28.6 Å². The lowest BCUT2D eigenvalue weighted by Gasteiger charge is -2.29. The highest BCUT2D eigenvalue weighted by Gasteiger charge is 2.31. The van der Waals surface area contributed by atoms with Crippen LogP contribution in [0.1, 0.15) is 29.6 Å². The number of hydrogen-bond donors (Lipinski definition) is 1. The molecule has 0 radical (unpaired) electrons. The Morgan fingerprint density at radius 1 is 1.09 bits per heavy atom. The van der Waals surface area contributed by atoms with Crippen LogP contribution in [0.15, 0.2) is 42.5 Å². The summed E-state index contributed by atoms with van der Waals surface area (Å²) in [6.07, 6.45) is -3.36. The van der Waals surface area contributed by atoms with Crippen molar-refractivity contribution in [2.45, 2.75) is 31.7 Å². The molecule has 1 atom stereocenters. The zero-order chi connectivity index (χ0) is 23.6. The number of alkyl halides is 3. The predicted molar refractivity (Wildman–Crippen MR) is 115 cm³/mol. The molecule has 2 aliphatic heterocycles. The number of rotatable bonds is 7. The van der Waals surface area contributed by atoms with E-state index in [0.29, 0.717) is 48.4 Å². The van der Waals surface area contributed by atoms with Gasteiger partial charge >= 0.3 is 6.36 Å². The number of amides is 1. The first-order valence-electron chi connectivity index (χ1n) is 10.5. The van der Waals surface area contributed by atoms with Crippen LogP contribution in [-0.4, -0.2) is 56.5 Å². The average molecular weight is 484 g/mol. The van der Waals surface area contributed by atoms with Crippen LogP contribution in [0.3, 0.4) is 0 Å². The number of carbonyl (C=O) groups excluding carboxylic acids is 1. The lowest BCUT2D eigenvalue weighted by molar-refractivity contribution is -0.274. The Hall–Kier alpha value is -2.79. The fourth-order valence-corrected chi connectivity index (χ4v) is 5.31. The van der Waals surface area contributed by atoms with Crippen molar-refractivity contribution in [2.24, 2.45) is 0 Å². The third-order valence-corrected chi connectivity index (χ3v) is 7.52. The minimum Gasteiger partial charge on any atom is -0.488 e. The van der Waals surface area contributed by atoms with Crippen molar-refractivity contribution in [3.8, 4) is 22.6 Å². The summed E-state index contributed by atoms with van der Waals surface area (Å²) < 4.78 is 72.7. The minimum absolute atomic E-state index is 0.0423. The van der Waals surface area contributed by atoms with Crippen molar-refractivity contribution in [1.82, 2.24) is 9.62 Å². The zero-order valence-corrected chi connectivity index (χ0v) is 18.4. The van der Waals surface area contributed by atoms with Gasteiger partial charge in [0.25, 0.3) is 5.91 Å². The van der Waals surface area contributed by atoms with Gasteiger partial charge in [0.2, 0.25) is 10.0 Å². The fraction of sp³-hybridized carbons (Fsp3) is 0.409. The summed E-state index contributed by atoms with van der Waals surface area (Å²) in [5, 5.41) is 2.79. The molecule has 0 bridgehead atoms. The van der Waals surface area contributed by atoms with E-state index in [4.69, 9.17) is 4.74 Å². The van der Waals surface area contributed by atoms with E-state index in [9.17, 15) is 26.4 Å². The van der Waals surface area contributed by atoms with E-state index in [0.717, 1.165) is 6.42 Å². The molecule has 11 heteroatoms. The van der Waals surface area contributed by atoms with Crippen LogP contribution in [0.5, 0.6) is 11.5 Å². The summed E-state index contributed by atoms with van der Waals surface area (Å²) in [6, 6.07) is 10.3. The normalized spacial score (nSPS) is 19.0. The fourth-order valence-electron chi connectivity index (χ4n) is 3.71. The van der Waals surface area contributed by atoms with Gasteiger partial charge in [-0.2, -0.15) is 0 Å². The van der Waals surface area contributed by atoms with Crippen LogP contribution in [-0.2, 0) is 10.0 Å². The van der Waals surface area contributed by atoms with Crippen LogP contribution < -0.4 is 14.8 Å². The number of hydrogen-bond acceptors (Lipinski definition) is 5. The number of fused-ring (bicyclic) bond motifs is 1. The van der Waals surface area contributed by atoms with Gasteiger partial charge in [0.1, 0.15) is 17.6 Å². The molecule has 0 spiro atoms. The van der Waals surface area contributed by atoms with Crippen molar-refractivity contribution in [2.75, 3.05) is 25.4 Å². The molecule has 1 N–H and O–H groups in total. The van der Waals surface area contributed by atoms with Crippen LogP contribution in [0.25, 0.3) is 11.1 Å². The molecule has 33 heavy (non-hydrogen) atoms. The topological polar surface area (TPSA) is 84.9 Å². The highest BCUT2D eigenvalue weighted by molar-refractivity contribution is 7.89. The maximum atomic E-state index is 12.6. The Kier molecular flexibility index (Phi) is 6.53. The maximum absolute atomic E-state index is 12.6. The van der Waals surface area contributed by atoms with E-state index in [1.54, 1.807) is 18.2 Å². The largest absolute Gasteiger partial charge is 0.573 e. The number of carbonyl (C=O) groups is 1. The lowest BCUT2D eigenvalue weighted by Crippen LogP contribution is -2.43. The molecule has 2 aromatic rings. The second-order valence-electron chi connectivity index (χ2n) is 7.94. The Balaban J connectivity index is 1.42. The molecule has 1 unspecified atom stereocenters. The van der Waals surface area contributed by atoms with Crippen molar-refractivity contribution < 1.29 is 35.9 Å². The molecule has 0 aliphatic carbocycles. The van der Waals surface area contributed by atoms with Gasteiger partial charge < -0.3 is 14.8 Å². The number of nitrogens with zero attached hydrogens (tertiary/aromatic N) is 1. The summed E-state index contributed by atoms with van der Waals surface area (Å²) in [4.78, 5) is 12.6. The number of sulfonamides is 1. The van der Waals surface area contributed by atoms with Gasteiger partial charge in [0, 0.05) is 13.1 Å². The zero-order valence-electron chi connectivity index (χ0n) is 17.6. The monoisotopic (exact) mass is 484 g/mol. The standard InChI is InChI=1S/C22H23F3N2O5S/c23-22(24,25)32-17-7-4-15(5-8-17)16-6-9-20-19(13-16)21(28)26-14-18(31-20)3-1-12-33(29,30)27-10-2-11-27/h4-9,13,18H,1-3,10-12,14H2,(H,26,28). The van der Waals surface area contributed by atoms with E-state index < -0.39 is 16.4 Å². The molecule has 2 aliphatic rings. The number of nitrogens with one attached hydrogen (secondary N) is 1. The second-order valence-corrected chi connectivity index (χ2v) is 10.0. The Labute approximate surface area is 189 Å². The highest BCUT2D eigenvalue weighted by Crippen LogP contribution is 2.31. The van der Waals surface area contributed by atoms with Gasteiger partial charge in [-0.25, -0.2) is 12.7 Å². The first-order chi connectivity index (χ1) is 15.6. The Bertz CT molecular complexity index is 1120. The summed E-state index contributed by atoms with van der Waals surface area (Å²) in [5.74, 6) is -0.248. The van der Waals surface area contributed by atoms with Crippen molar-refractivity contribution in [3.63, 3.8) is 0 Å². The summed E-state index contributed by atoms with van der Waals surface area (Å²) >= 11 is 0. The van der Waals surface area contributed by atoms with Gasteiger partial charge in [-0.1, -0.05) is 18.2 Å². The van der Waals surface area contributed by atoms with Crippen LogP contribution in [0.4, 0.5) is 13.2 Å². The van der Waals surface area contributed by atoms with Gasteiger partial charge in [-0.3, -0.25) is 4.79 Å². The van der Waals surface area contributed by atoms with Gasteiger partial charge in [0.05, 0.1) is 17.9 Å². The molecular formula is C22H23F3N2O5S. The first kappa shape index (κ1) is 23.4. The Morgan fingerprint density at radius 3 is 2.42 bits per heavy atom. The number of halogens is 3. The first-order valence-corrected chi connectivity index (χ1v) is 12.1. The summed E-state index contributed by atoms with van der Waals surface area (Å²) in [5.41, 5.74) is 1.54. The molecule has 4 rings (SSSR count). The summed E-state index contributed by atoms with van der Waals surface area (Å²) in [6.45, 7) is 1.40. The van der Waals surface area contributed by atoms with Gasteiger partial charge in [-0.05, 0) is 54.7 Å². The molecule has 7 nitrogen and oxygen atoms in total. The van der Waals surface area contributed by atoms with Crippen LogP contribution in [0.2, 0.25) is 0 Å². The lowest BCUT2D eigenvalue weighted by atomic mass is 10.0. The molecule has 1 saturated heterocycles. The molecule has 1 fully saturated rings. The quantitative estimate of drug-likeness (QED) is 0.650. The van der Waals surface area contributed by atoms with Crippen molar-refractivity contribution in [3.05, 3.63) is 48.0 Å². The smallest absolute Gasteiger partial charge is 0.488 e. The maximum Gasteiger partial charge on any atom is 0.573 e. The van der Waals surface area contributed by atoms with Crippen molar-refractivity contribution >= 4 is 15.9 Å². The molecule has 1 amide bonds. The average Bonchev–Trinajstić information content (AvgIpc) is 2.84. The number of benzene rings is 2. The van der Waals surface area contributed by atoms with Gasteiger partial charge in [-0.15, -0.1) is 13.2 Å². The van der Waals surface area contributed by atoms with E-state index >= 15 is 0 Å².